The average molecular weight is 373 g/mol. The molecule has 27 heavy (non-hydrogen) atoms. The summed E-state index contributed by atoms with van der Waals surface area (Å²) in [5, 5.41) is 3.94. The summed E-state index contributed by atoms with van der Waals surface area (Å²) in [5.41, 5.74) is 1.79. The Morgan fingerprint density at radius 1 is 1.04 bits per heavy atom. The topological polar surface area (TPSA) is 87.8 Å². The van der Waals surface area contributed by atoms with E-state index in [-0.39, 0.29) is 17.8 Å². The maximum absolute atomic E-state index is 13.2. The van der Waals surface area contributed by atoms with E-state index in [0.717, 1.165) is 31.2 Å². The number of nitrogens with zero attached hydrogens (tertiary/aromatic N) is 5. The number of rotatable bonds is 8. The molecule has 3 aromatic heterocycles. The summed E-state index contributed by atoms with van der Waals surface area (Å²) in [5.74, 6) is 0.624. The van der Waals surface area contributed by atoms with Crippen LogP contribution in [0.5, 0.6) is 0 Å². The van der Waals surface area contributed by atoms with Gasteiger partial charge in [0.05, 0.1) is 18.6 Å². The highest BCUT2D eigenvalue weighted by atomic mass is 16.5. The van der Waals surface area contributed by atoms with Gasteiger partial charge in [-0.15, -0.1) is 0 Å². The molecule has 0 amide bonds. The zero-order valence-corrected chi connectivity index (χ0v) is 16.5. The summed E-state index contributed by atoms with van der Waals surface area (Å²) in [7, 11) is 0. The molecule has 0 aromatic carbocycles. The minimum absolute atomic E-state index is 0.153. The molecule has 8 nitrogen and oxygen atoms in total. The van der Waals surface area contributed by atoms with Gasteiger partial charge in [-0.3, -0.25) is 13.9 Å². The summed E-state index contributed by atoms with van der Waals surface area (Å²) in [6.45, 7) is 9.18. The van der Waals surface area contributed by atoms with Crippen LogP contribution in [0.3, 0.4) is 0 Å². The second kappa shape index (κ2) is 7.94. The van der Waals surface area contributed by atoms with Crippen LogP contribution in [-0.2, 0) is 19.6 Å². The van der Waals surface area contributed by atoms with Crippen LogP contribution in [0.4, 0.5) is 0 Å². The van der Waals surface area contributed by atoms with Crippen molar-refractivity contribution in [2.24, 2.45) is 0 Å². The van der Waals surface area contributed by atoms with Crippen molar-refractivity contribution in [3.63, 3.8) is 0 Å². The molecule has 0 aliphatic rings. The van der Waals surface area contributed by atoms with Crippen LogP contribution in [0.2, 0.25) is 0 Å². The Kier molecular flexibility index (Phi) is 5.62. The Labute approximate surface area is 157 Å². The van der Waals surface area contributed by atoms with Crippen molar-refractivity contribution < 1.29 is 4.52 Å². The maximum atomic E-state index is 13.2. The molecule has 0 aliphatic heterocycles. The van der Waals surface area contributed by atoms with Crippen LogP contribution in [0.15, 0.2) is 20.4 Å². The lowest BCUT2D eigenvalue weighted by atomic mass is 10.2. The number of hydrogen-bond donors (Lipinski definition) is 0. The van der Waals surface area contributed by atoms with Crippen LogP contribution in [0.25, 0.3) is 11.2 Å². The average Bonchev–Trinajstić information content (AvgIpc) is 3.21. The zero-order chi connectivity index (χ0) is 19.6. The molecule has 3 heterocycles. The van der Waals surface area contributed by atoms with Crippen molar-refractivity contribution in [1.82, 2.24) is 23.8 Å². The second-order valence-corrected chi connectivity index (χ2v) is 6.95. The predicted molar refractivity (Wildman–Crippen MR) is 103 cm³/mol. The highest BCUT2D eigenvalue weighted by Gasteiger charge is 2.20. The first kappa shape index (κ1) is 19.1. The molecule has 8 heteroatoms. The Bertz CT molecular complexity index is 1030. The minimum Gasteiger partial charge on any atom is -0.361 e. The number of hydrogen-bond acceptors (Lipinski definition) is 5. The lowest BCUT2D eigenvalue weighted by Crippen LogP contribution is -2.41. The van der Waals surface area contributed by atoms with Gasteiger partial charge in [-0.05, 0) is 26.7 Å². The third-order valence-corrected chi connectivity index (χ3v) is 4.97. The van der Waals surface area contributed by atoms with Crippen molar-refractivity contribution in [3.05, 3.63) is 44.2 Å². The van der Waals surface area contributed by atoms with E-state index in [1.807, 2.05) is 11.5 Å². The van der Waals surface area contributed by atoms with E-state index in [1.165, 1.54) is 4.57 Å². The Balaban J connectivity index is 2.22. The molecule has 0 aliphatic carbocycles. The Hall–Kier alpha value is -2.64. The number of fused-ring (bicyclic) bond motifs is 1. The van der Waals surface area contributed by atoms with Gasteiger partial charge in [0.15, 0.2) is 11.2 Å². The standard InChI is InChI=1S/C19H27N5O3/c1-5-7-9-22-12-20-17-16(22)18(25)24(19(26)23(17)10-8-6-2)11-15-13(3)21-27-14(15)4/h12H,5-11H2,1-4H3. The van der Waals surface area contributed by atoms with E-state index in [1.54, 1.807) is 17.8 Å². The van der Waals surface area contributed by atoms with E-state index < -0.39 is 0 Å². The molecule has 0 atom stereocenters. The summed E-state index contributed by atoms with van der Waals surface area (Å²) < 4.78 is 9.98. The SMILES string of the molecule is CCCCn1cnc2c1c(=O)n(Cc1c(C)noc1C)c(=O)n2CCCC. The van der Waals surface area contributed by atoms with Gasteiger partial charge in [0, 0.05) is 18.7 Å². The maximum Gasteiger partial charge on any atom is 0.333 e. The van der Waals surface area contributed by atoms with Gasteiger partial charge in [0.2, 0.25) is 0 Å². The van der Waals surface area contributed by atoms with Crippen LogP contribution < -0.4 is 11.2 Å². The Morgan fingerprint density at radius 2 is 1.74 bits per heavy atom. The molecule has 0 unspecified atom stereocenters. The van der Waals surface area contributed by atoms with Crippen molar-refractivity contribution in [2.45, 2.75) is 73.0 Å². The second-order valence-electron chi connectivity index (χ2n) is 6.95. The molecule has 0 spiro atoms. The summed E-state index contributed by atoms with van der Waals surface area (Å²) in [6, 6.07) is 0. The number of unbranched alkanes of at least 4 members (excludes halogenated alkanes) is 2. The first-order valence-electron chi connectivity index (χ1n) is 9.59. The third-order valence-electron chi connectivity index (χ3n) is 4.97. The first-order chi connectivity index (χ1) is 13.0. The molecular formula is C19H27N5O3. The van der Waals surface area contributed by atoms with Gasteiger partial charge in [0.1, 0.15) is 5.76 Å². The molecule has 0 bridgehead atoms. The van der Waals surface area contributed by atoms with Gasteiger partial charge < -0.3 is 9.09 Å². The molecule has 0 radical (unpaired) electrons. The smallest absolute Gasteiger partial charge is 0.333 e. The van der Waals surface area contributed by atoms with Crippen LogP contribution in [0.1, 0.15) is 56.5 Å². The van der Waals surface area contributed by atoms with Gasteiger partial charge in [-0.2, -0.15) is 0 Å². The van der Waals surface area contributed by atoms with E-state index >= 15 is 0 Å². The molecule has 0 fully saturated rings. The van der Waals surface area contributed by atoms with Gasteiger partial charge in [-0.25, -0.2) is 9.78 Å². The minimum atomic E-state index is -0.332. The van der Waals surface area contributed by atoms with E-state index in [2.05, 4.69) is 24.0 Å². The normalized spacial score (nSPS) is 11.6. The third kappa shape index (κ3) is 3.48. The number of aryl methyl sites for hydroxylation is 4. The molecule has 0 saturated heterocycles. The van der Waals surface area contributed by atoms with E-state index in [4.69, 9.17) is 4.52 Å². The van der Waals surface area contributed by atoms with Crippen LogP contribution in [0, 0.1) is 13.8 Å². The molecular weight excluding hydrogens is 346 g/mol. The lowest BCUT2D eigenvalue weighted by molar-refractivity contribution is 0.391. The largest absolute Gasteiger partial charge is 0.361 e. The predicted octanol–water partition coefficient (Wildman–Crippen LogP) is 2.61. The molecule has 3 rings (SSSR count). The Morgan fingerprint density at radius 3 is 2.37 bits per heavy atom. The van der Waals surface area contributed by atoms with Crippen molar-refractivity contribution in [2.75, 3.05) is 0 Å². The zero-order valence-electron chi connectivity index (χ0n) is 16.5. The fourth-order valence-electron chi connectivity index (χ4n) is 3.28. The number of imidazole rings is 1. The summed E-state index contributed by atoms with van der Waals surface area (Å²) in [6.07, 6.45) is 5.43. The van der Waals surface area contributed by atoms with Crippen LogP contribution in [-0.4, -0.2) is 23.8 Å². The fourth-order valence-corrected chi connectivity index (χ4v) is 3.28. The summed E-state index contributed by atoms with van der Waals surface area (Å²) >= 11 is 0. The van der Waals surface area contributed by atoms with Crippen molar-refractivity contribution in [3.8, 4) is 0 Å². The fraction of sp³-hybridized carbons (Fsp3) is 0.579. The lowest BCUT2D eigenvalue weighted by Gasteiger charge is -2.12. The first-order valence-corrected chi connectivity index (χ1v) is 9.59. The highest BCUT2D eigenvalue weighted by molar-refractivity contribution is 5.70. The summed E-state index contributed by atoms with van der Waals surface area (Å²) in [4.78, 5) is 30.7. The van der Waals surface area contributed by atoms with Crippen molar-refractivity contribution in [1.29, 1.82) is 0 Å². The highest BCUT2D eigenvalue weighted by Crippen LogP contribution is 2.14. The monoisotopic (exact) mass is 373 g/mol. The molecule has 3 aromatic rings. The van der Waals surface area contributed by atoms with Gasteiger partial charge in [-0.1, -0.05) is 31.8 Å². The van der Waals surface area contributed by atoms with E-state index in [0.29, 0.717) is 35.7 Å². The number of aromatic nitrogens is 5. The van der Waals surface area contributed by atoms with Crippen LogP contribution >= 0.6 is 0 Å². The molecule has 146 valence electrons. The van der Waals surface area contributed by atoms with E-state index in [9.17, 15) is 9.59 Å². The molecule has 0 saturated carbocycles. The van der Waals surface area contributed by atoms with Gasteiger partial charge >= 0.3 is 5.69 Å². The van der Waals surface area contributed by atoms with Gasteiger partial charge in [0.25, 0.3) is 5.56 Å². The quantitative estimate of drug-likeness (QED) is 0.606. The molecule has 0 N–H and O–H groups in total. The van der Waals surface area contributed by atoms with Crippen molar-refractivity contribution >= 4 is 11.2 Å².